The zero-order valence-corrected chi connectivity index (χ0v) is 14.8. The van der Waals surface area contributed by atoms with E-state index < -0.39 is 0 Å². The minimum absolute atomic E-state index is 0.0283. The van der Waals surface area contributed by atoms with Crippen LogP contribution >= 0.6 is 0 Å². The van der Waals surface area contributed by atoms with Gasteiger partial charge in [-0.3, -0.25) is 9.59 Å². The fourth-order valence-electron chi connectivity index (χ4n) is 2.71. The quantitative estimate of drug-likeness (QED) is 0.782. The molecule has 1 heterocycles. The Bertz CT molecular complexity index is 704. The average molecular weight is 329 g/mol. The summed E-state index contributed by atoms with van der Waals surface area (Å²) in [5, 5.41) is 6.61. The molecular weight excluding hydrogens is 302 g/mol. The zero-order chi connectivity index (χ0) is 17.5. The van der Waals surface area contributed by atoms with Crippen molar-refractivity contribution in [3.05, 3.63) is 36.0 Å². The van der Waals surface area contributed by atoms with Crippen molar-refractivity contribution >= 4 is 22.7 Å². The molecule has 2 aromatic rings. The number of hydrogen-bond donors (Lipinski definition) is 2. The van der Waals surface area contributed by atoms with Crippen LogP contribution in [-0.2, 0) is 11.3 Å². The molecule has 0 radical (unpaired) electrons. The Morgan fingerprint density at radius 2 is 1.88 bits per heavy atom. The monoisotopic (exact) mass is 329 g/mol. The van der Waals surface area contributed by atoms with Crippen molar-refractivity contribution in [3.63, 3.8) is 0 Å². The lowest BCUT2D eigenvalue weighted by molar-refractivity contribution is -0.120. The number of amides is 2. The summed E-state index contributed by atoms with van der Waals surface area (Å²) in [5.41, 5.74) is 1.73. The molecule has 0 fully saturated rings. The zero-order valence-electron chi connectivity index (χ0n) is 14.8. The van der Waals surface area contributed by atoms with Crippen molar-refractivity contribution in [2.45, 2.75) is 40.2 Å². The minimum atomic E-state index is -0.128. The van der Waals surface area contributed by atoms with Gasteiger partial charge in [-0.15, -0.1) is 0 Å². The largest absolute Gasteiger partial charge is 0.356 e. The lowest BCUT2D eigenvalue weighted by Gasteiger charge is -2.07. The van der Waals surface area contributed by atoms with Crippen molar-refractivity contribution < 1.29 is 9.59 Å². The Kier molecular flexibility index (Phi) is 6.41. The lowest BCUT2D eigenvalue weighted by Crippen LogP contribution is -2.31. The fourth-order valence-corrected chi connectivity index (χ4v) is 2.71. The van der Waals surface area contributed by atoms with Gasteiger partial charge in [0, 0.05) is 43.2 Å². The number of rotatable bonds is 8. The van der Waals surface area contributed by atoms with Gasteiger partial charge in [-0.1, -0.05) is 39.0 Å². The van der Waals surface area contributed by atoms with Crippen LogP contribution < -0.4 is 10.6 Å². The third kappa shape index (κ3) is 4.60. The molecule has 24 heavy (non-hydrogen) atoms. The van der Waals surface area contributed by atoms with Crippen molar-refractivity contribution in [3.8, 4) is 0 Å². The summed E-state index contributed by atoms with van der Waals surface area (Å²) in [6, 6.07) is 7.93. The molecule has 5 nitrogen and oxygen atoms in total. The Morgan fingerprint density at radius 1 is 1.12 bits per heavy atom. The van der Waals surface area contributed by atoms with E-state index in [0.717, 1.165) is 23.9 Å². The fraction of sp³-hybridized carbons (Fsp3) is 0.474. The summed E-state index contributed by atoms with van der Waals surface area (Å²) in [6.45, 7) is 8.21. The first-order chi connectivity index (χ1) is 11.5. The molecule has 1 aromatic heterocycles. The highest BCUT2D eigenvalue weighted by molar-refractivity contribution is 6.07. The molecule has 2 rings (SSSR count). The maximum absolute atomic E-state index is 12.5. The van der Waals surface area contributed by atoms with Crippen LogP contribution in [0.25, 0.3) is 10.9 Å². The maximum atomic E-state index is 12.5. The van der Waals surface area contributed by atoms with Crippen LogP contribution in [0.4, 0.5) is 0 Å². The van der Waals surface area contributed by atoms with Crippen LogP contribution in [0.3, 0.4) is 0 Å². The molecule has 1 aromatic carbocycles. The molecule has 0 saturated heterocycles. The van der Waals surface area contributed by atoms with Crippen LogP contribution in [-0.4, -0.2) is 29.5 Å². The first kappa shape index (κ1) is 18.0. The minimum Gasteiger partial charge on any atom is -0.356 e. The summed E-state index contributed by atoms with van der Waals surface area (Å²) in [6.07, 6.45) is 3.13. The Hall–Kier alpha value is -2.30. The number of hydrogen-bond acceptors (Lipinski definition) is 2. The van der Waals surface area contributed by atoms with E-state index in [1.54, 1.807) is 0 Å². The predicted octanol–water partition coefficient (Wildman–Crippen LogP) is 2.94. The standard InChI is InChI=1S/C19H27N3O2/c1-4-10-20-18(23)9-11-21-19(24)16-13-22(12-14(2)3)17-8-6-5-7-15(16)17/h5-8,13-14H,4,9-12H2,1-3H3,(H,20,23)(H,21,24). The molecule has 0 bridgehead atoms. The number of nitrogens with one attached hydrogen (secondary N) is 2. The van der Waals surface area contributed by atoms with Gasteiger partial charge in [-0.05, 0) is 18.4 Å². The summed E-state index contributed by atoms with van der Waals surface area (Å²) in [7, 11) is 0. The number of carbonyl (C=O) groups is 2. The number of benzene rings is 1. The molecule has 2 amide bonds. The molecular formula is C19H27N3O2. The summed E-state index contributed by atoms with van der Waals surface area (Å²) in [4.78, 5) is 24.1. The van der Waals surface area contributed by atoms with Gasteiger partial charge in [-0.25, -0.2) is 0 Å². The number of nitrogens with zero attached hydrogens (tertiary/aromatic N) is 1. The topological polar surface area (TPSA) is 63.1 Å². The van der Waals surface area contributed by atoms with Crippen molar-refractivity contribution in [1.82, 2.24) is 15.2 Å². The summed E-state index contributed by atoms with van der Waals surface area (Å²) >= 11 is 0. The number of fused-ring (bicyclic) bond motifs is 1. The van der Waals surface area contributed by atoms with Gasteiger partial charge in [0.05, 0.1) is 5.56 Å². The van der Waals surface area contributed by atoms with Crippen LogP contribution in [0.2, 0.25) is 0 Å². The molecule has 5 heteroatoms. The molecule has 0 aliphatic heterocycles. The molecule has 2 N–H and O–H groups in total. The summed E-state index contributed by atoms with van der Waals surface area (Å²) in [5.74, 6) is 0.343. The van der Waals surface area contributed by atoms with Crippen molar-refractivity contribution in [1.29, 1.82) is 0 Å². The van der Waals surface area contributed by atoms with E-state index in [0.29, 0.717) is 31.0 Å². The van der Waals surface area contributed by atoms with Crippen LogP contribution in [0.15, 0.2) is 30.5 Å². The normalized spacial score (nSPS) is 11.0. The highest BCUT2D eigenvalue weighted by Crippen LogP contribution is 2.22. The number of aromatic nitrogens is 1. The van der Waals surface area contributed by atoms with Crippen LogP contribution in [0, 0.1) is 5.92 Å². The van der Waals surface area contributed by atoms with Gasteiger partial charge in [0.25, 0.3) is 5.91 Å². The molecule has 0 atom stereocenters. The summed E-state index contributed by atoms with van der Waals surface area (Å²) < 4.78 is 2.13. The SMILES string of the molecule is CCCNC(=O)CCNC(=O)c1cn(CC(C)C)c2ccccc12. The first-order valence-corrected chi connectivity index (χ1v) is 8.65. The van der Waals surface area contributed by atoms with E-state index in [9.17, 15) is 9.59 Å². The van der Waals surface area contributed by atoms with Gasteiger partial charge in [0.15, 0.2) is 0 Å². The van der Waals surface area contributed by atoms with Crippen LogP contribution in [0.1, 0.15) is 44.0 Å². The second-order valence-electron chi connectivity index (χ2n) is 6.46. The Balaban J connectivity index is 2.05. The lowest BCUT2D eigenvalue weighted by atomic mass is 10.1. The predicted molar refractivity (Wildman–Crippen MR) is 97.0 cm³/mol. The van der Waals surface area contributed by atoms with Crippen LogP contribution in [0.5, 0.6) is 0 Å². The highest BCUT2D eigenvalue weighted by Gasteiger charge is 2.15. The first-order valence-electron chi connectivity index (χ1n) is 8.65. The van der Waals surface area contributed by atoms with E-state index in [1.165, 1.54) is 0 Å². The molecule has 0 spiro atoms. The van der Waals surface area contributed by atoms with Crippen molar-refractivity contribution in [2.75, 3.05) is 13.1 Å². The molecule has 130 valence electrons. The Labute approximate surface area is 143 Å². The molecule has 0 saturated carbocycles. The van der Waals surface area contributed by atoms with Gasteiger partial charge in [-0.2, -0.15) is 0 Å². The maximum Gasteiger partial charge on any atom is 0.253 e. The second-order valence-corrected chi connectivity index (χ2v) is 6.46. The van der Waals surface area contributed by atoms with E-state index in [4.69, 9.17) is 0 Å². The van der Waals surface area contributed by atoms with E-state index >= 15 is 0 Å². The van der Waals surface area contributed by atoms with Gasteiger partial charge >= 0.3 is 0 Å². The second kappa shape index (κ2) is 8.52. The highest BCUT2D eigenvalue weighted by atomic mass is 16.2. The van der Waals surface area contributed by atoms with E-state index in [2.05, 4.69) is 29.0 Å². The number of para-hydroxylation sites is 1. The average Bonchev–Trinajstić information content (AvgIpc) is 2.91. The van der Waals surface area contributed by atoms with Gasteiger partial charge < -0.3 is 15.2 Å². The van der Waals surface area contributed by atoms with E-state index in [1.807, 2.05) is 37.4 Å². The third-order valence-corrected chi connectivity index (χ3v) is 3.80. The van der Waals surface area contributed by atoms with E-state index in [-0.39, 0.29) is 11.8 Å². The van der Waals surface area contributed by atoms with Crippen molar-refractivity contribution in [2.24, 2.45) is 5.92 Å². The molecule has 0 unspecified atom stereocenters. The molecule has 0 aliphatic rings. The van der Waals surface area contributed by atoms with Gasteiger partial charge in [0.2, 0.25) is 5.91 Å². The number of carbonyl (C=O) groups excluding carboxylic acids is 2. The molecule has 0 aliphatic carbocycles. The third-order valence-electron chi connectivity index (χ3n) is 3.80. The smallest absolute Gasteiger partial charge is 0.253 e. The Morgan fingerprint density at radius 3 is 2.58 bits per heavy atom. The van der Waals surface area contributed by atoms with Gasteiger partial charge in [0.1, 0.15) is 0 Å².